The zero-order chi connectivity index (χ0) is 22.7. The zero-order valence-corrected chi connectivity index (χ0v) is 18.9. The molecule has 0 aliphatic carbocycles. The van der Waals surface area contributed by atoms with Gasteiger partial charge in [0.1, 0.15) is 11.2 Å². The predicted molar refractivity (Wildman–Crippen MR) is 125 cm³/mol. The number of hydrogen-bond donors (Lipinski definition) is 1. The summed E-state index contributed by atoms with van der Waals surface area (Å²) in [7, 11) is 3.94. The topological polar surface area (TPSA) is 86.8 Å². The lowest BCUT2D eigenvalue weighted by molar-refractivity contribution is 0.0689. The Morgan fingerprint density at radius 1 is 1.24 bits per heavy atom. The molecule has 0 saturated heterocycles. The second kappa shape index (κ2) is 7.35. The van der Waals surface area contributed by atoms with Crippen molar-refractivity contribution in [3.8, 4) is 0 Å². The summed E-state index contributed by atoms with van der Waals surface area (Å²) in [4.78, 5) is 25.4. The van der Waals surface area contributed by atoms with Crippen molar-refractivity contribution in [3.63, 3.8) is 0 Å². The van der Waals surface area contributed by atoms with Gasteiger partial charge >= 0.3 is 0 Å². The Labute approximate surface area is 194 Å². The van der Waals surface area contributed by atoms with Crippen LogP contribution in [0.1, 0.15) is 33.5 Å². The highest BCUT2D eigenvalue weighted by Gasteiger charge is 2.37. The fourth-order valence-electron chi connectivity index (χ4n) is 4.49. The number of imidazole rings is 1. The average Bonchev–Trinajstić information content (AvgIpc) is 3.55. The Hall–Kier alpha value is -3.85. The molecule has 1 atom stereocenters. The lowest BCUT2D eigenvalue weighted by Gasteiger charge is -2.33. The van der Waals surface area contributed by atoms with Crippen LogP contribution in [-0.4, -0.2) is 60.6 Å². The SMILES string of the molecule is CN(C)c1ccc2c(C(=O)N3CCc4[nH]cnc4C3c3cc4cccc(Cl)n4n3)cnn2c1. The van der Waals surface area contributed by atoms with E-state index >= 15 is 0 Å². The number of amides is 1. The van der Waals surface area contributed by atoms with Crippen molar-refractivity contribution < 1.29 is 4.79 Å². The van der Waals surface area contributed by atoms with Crippen molar-refractivity contribution >= 4 is 34.2 Å². The number of fused-ring (bicyclic) bond motifs is 3. The van der Waals surface area contributed by atoms with E-state index in [0.717, 1.165) is 33.8 Å². The lowest BCUT2D eigenvalue weighted by Crippen LogP contribution is -2.41. The third-order valence-electron chi connectivity index (χ3n) is 6.17. The Bertz CT molecular complexity index is 1510. The van der Waals surface area contributed by atoms with Crippen LogP contribution in [0.15, 0.2) is 55.1 Å². The first-order valence-electron chi connectivity index (χ1n) is 10.6. The smallest absolute Gasteiger partial charge is 0.258 e. The fourth-order valence-corrected chi connectivity index (χ4v) is 4.70. The number of anilines is 1. The van der Waals surface area contributed by atoms with E-state index < -0.39 is 6.04 Å². The number of nitrogens with zero attached hydrogens (tertiary/aromatic N) is 7. The second-order valence-electron chi connectivity index (χ2n) is 8.34. The molecule has 166 valence electrons. The molecule has 1 amide bonds. The number of aromatic nitrogens is 6. The summed E-state index contributed by atoms with van der Waals surface area (Å²) in [6, 6.07) is 11.1. The fraction of sp³-hybridized carbons (Fsp3) is 0.217. The van der Waals surface area contributed by atoms with Crippen molar-refractivity contribution in [2.75, 3.05) is 25.5 Å². The largest absolute Gasteiger partial charge is 0.376 e. The maximum atomic E-state index is 13.9. The number of rotatable bonds is 3. The molecular weight excluding hydrogens is 440 g/mol. The second-order valence-corrected chi connectivity index (χ2v) is 8.73. The first-order chi connectivity index (χ1) is 16.0. The molecule has 1 aliphatic rings. The van der Waals surface area contributed by atoms with Gasteiger partial charge in [0.05, 0.1) is 52.4 Å². The first-order valence-corrected chi connectivity index (χ1v) is 11.0. The summed E-state index contributed by atoms with van der Waals surface area (Å²) in [5.74, 6) is -0.107. The lowest BCUT2D eigenvalue weighted by atomic mass is 9.98. The Balaban J connectivity index is 1.46. The van der Waals surface area contributed by atoms with Crippen LogP contribution in [0.3, 0.4) is 0 Å². The van der Waals surface area contributed by atoms with E-state index in [4.69, 9.17) is 16.7 Å². The van der Waals surface area contributed by atoms with Gasteiger partial charge in [-0.05, 0) is 30.3 Å². The quantitative estimate of drug-likeness (QED) is 0.418. The molecule has 1 N–H and O–H groups in total. The average molecular weight is 461 g/mol. The van der Waals surface area contributed by atoms with Gasteiger partial charge in [-0.3, -0.25) is 4.79 Å². The predicted octanol–water partition coefficient (Wildman–Crippen LogP) is 3.21. The van der Waals surface area contributed by atoms with Crippen LogP contribution in [0.4, 0.5) is 5.69 Å². The molecule has 0 bridgehead atoms. The van der Waals surface area contributed by atoms with Gasteiger partial charge in [-0.25, -0.2) is 14.0 Å². The van der Waals surface area contributed by atoms with Crippen LogP contribution < -0.4 is 4.90 Å². The maximum absolute atomic E-state index is 13.9. The molecule has 0 saturated carbocycles. The number of carbonyl (C=O) groups excluding carboxylic acids is 1. The van der Waals surface area contributed by atoms with Crippen molar-refractivity contribution in [3.05, 3.63) is 82.9 Å². The molecule has 10 heteroatoms. The van der Waals surface area contributed by atoms with E-state index in [1.807, 2.05) is 60.4 Å². The van der Waals surface area contributed by atoms with E-state index in [9.17, 15) is 4.79 Å². The molecule has 1 unspecified atom stereocenters. The number of halogens is 1. The molecule has 5 aromatic heterocycles. The minimum absolute atomic E-state index is 0.107. The van der Waals surface area contributed by atoms with E-state index in [0.29, 0.717) is 23.7 Å². The van der Waals surface area contributed by atoms with Crippen LogP contribution in [0.5, 0.6) is 0 Å². The molecule has 0 radical (unpaired) electrons. The van der Waals surface area contributed by atoms with Crippen molar-refractivity contribution in [2.24, 2.45) is 0 Å². The monoisotopic (exact) mass is 460 g/mol. The molecular formula is C23H21ClN8O. The van der Waals surface area contributed by atoms with Crippen LogP contribution >= 0.6 is 11.6 Å². The number of nitrogens with one attached hydrogen (secondary N) is 1. The highest BCUT2D eigenvalue weighted by atomic mass is 35.5. The molecule has 0 spiro atoms. The normalized spacial score (nSPS) is 15.8. The number of carbonyl (C=O) groups is 1. The molecule has 0 fully saturated rings. The van der Waals surface area contributed by atoms with Gasteiger partial charge in [0.15, 0.2) is 0 Å². The van der Waals surface area contributed by atoms with Gasteiger partial charge in [-0.2, -0.15) is 10.2 Å². The third-order valence-corrected chi connectivity index (χ3v) is 6.46. The molecule has 6 rings (SSSR count). The minimum atomic E-state index is -0.431. The standard InChI is InChI=1S/C23H21ClN8O/c1-29(2)15-6-7-19-16(11-27-31(19)12-15)23(33)30-9-8-17-21(26-13-25-17)22(30)18-10-14-4-3-5-20(24)32(14)28-18/h3-7,10-13,22H,8-9H2,1-2H3,(H,25,26). The summed E-state index contributed by atoms with van der Waals surface area (Å²) in [6.07, 6.45) is 5.91. The van der Waals surface area contributed by atoms with E-state index in [2.05, 4.69) is 15.1 Å². The molecule has 6 heterocycles. The number of hydrogen-bond acceptors (Lipinski definition) is 5. The van der Waals surface area contributed by atoms with Crippen molar-refractivity contribution in [2.45, 2.75) is 12.5 Å². The van der Waals surface area contributed by atoms with Crippen LogP contribution in [0, 0.1) is 0 Å². The van der Waals surface area contributed by atoms with Gasteiger partial charge in [0, 0.05) is 32.8 Å². The molecule has 5 aromatic rings. The number of aromatic amines is 1. The van der Waals surface area contributed by atoms with Crippen LogP contribution in [0.25, 0.3) is 11.0 Å². The van der Waals surface area contributed by atoms with E-state index in [1.54, 1.807) is 27.6 Å². The summed E-state index contributed by atoms with van der Waals surface area (Å²) < 4.78 is 3.42. The Morgan fingerprint density at radius 3 is 2.94 bits per heavy atom. The first kappa shape index (κ1) is 19.8. The summed E-state index contributed by atoms with van der Waals surface area (Å²) in [5.41, 5.74) is 5.71. The Morgan fingerprint density at radius 2 is 2.12 bits per heavy atom. The number of pyridine rings is 2. The Kier molecular flexibility index (Phi) is 4.41. The van der Waals surface area contributed by atoms with Gasteiger partial charge in [0.2, 0.25) is 0 Å². The number of H-pyrrole nitrogens is 1. The minimum Gasteiger partial charge on any atom is -0.376 e. The van der Waals surface area contributed by atoms with E-state index in [1.165, 1.54) is 0 Å². The van der Waals surface area contributed by atoms with Crippen molar-refractivity contribution in [1.29, 1.82) is 0 Å². The summed E-state index contributed by atoms with van der Waals surface area (Å²) >= 11 is 6.35. The van der Waals surface area contributed by atoms with Crippen molar-refractivity contribution in [1.82, 2.24) is 34.1 Å². The third kappa shape index (κ3) is 3.07. The molecule has 1 aliphatic heterocycles. The van der Waals surface area contributed by atoms with Gasteiger partial charge in [-0.15, -0.1) is 0 Å². The zero-order valence-electron chi connectivity index (χ0n) is 18.1. The molecule has 9 nitrogen and oxygen atoms in total. The van der Waals surface area contributed by atoms with Crippen LogP contribution in [-0.2, 0) is 6.42 Å². The van der Waals surface area contributed by atoms with Gasteiger partial charge in [-0.1, -0.05) is 17.7 Å². The maximum Gasteiger partial charge on any atom is 0.258 e. The summed E-state index contributed by atoms with van der Waals surface area (Å²) in [5, 5.41) is 9.68. The van der Waals surface area contributed by atoms with Gasteiger partial charge in [0.25, 0.3) is 5.91 Å². The van der Waals surface area contributed by atoms with E-state index in [-0.39, 0.29) is 5.91 Å². The van der Waals surface area contributed by atoms with Crippen LogP contribution in [0.2, 0.25) is 5.15 Å². The molecule has 0 aromatic carbocycles. The molecule has 33 heavy (non-hydrogen) atoms. The van der Waals surface area contributed by atoms with Gasteiger partial charge < -0.3 is 14.8 Å². The highest BCUT2D eigenvalue weighted by molar-refractivity contribution is 6.29. The summed E-state index contributed by atoms with van der Waals surface area (Å²) in [6.45, 7) is 0.535. The highest BCUT2D eigenvalue weighted by Crippen LogP contribution is 2.35.